The minimum atomic E-state index is -3.58. The largest absolute Gasteiger partial charge is 0.379 e. The fraction of sp³-hybridized carbons (Fsp3) is 0.300. The molecule has 1 aromatic heterocycles. The fourth-order valence-corrected chi connectivity index (χ4v) is 5.47. The standard InChI is InChI=1S/C20H21N3O4S2/c1-13-11-17-18(12-14(13)2)28-20(21-17)22-19(24)15-3-5-16(6-4-15)29(25,26)23-7-9-27-10-8-23/h3-6,11-12H,7-10H2,1-2H3,(H,21,22,24). The number of aryl methyl sites for hydroxylation is 2. The van der Waals surface area contributed by atoms with Crippen molar-refractivity contribution in [2.45, 2.75) is 18.7 Å². The minimum Gasteiger partial charge on any atom is -0.379 e. The highest BCUT2D eigenvalue weighted by Gasteiger charge is 2.26. The number of hydrogen-bond acceptors (Lipinski definition) is 6. The molecule has 1 aliphatic rings. The molecule has 2 aromatic carbocycles. The number of benzene rings is 2. The smallest absolute Gasteiger partial charge is 0.257 e. The second-order valence-corrected chi connectivity index (χ2v) is 9.89. The van der Waals surface area contributed by atoms with E-state index in [9.17, 15) is 13.2 Å². The van der Waals surface area contributed by atoms with Crippen LogP contribution in [-0.2, 0) is 14.8 Å². The molecule has 4 rings (SSSR count). The maximum Gasteiger partial charge on any atom is 0.257 e. The van der Waals surface area contributed by atoms with Crippen molar-refractivity contribution >= 4 is 42.6 Å². The van der Waals surface area contributed by atoms with Crippen molar-refractivity contribution in [2.75, 3.05) is 31.6 Å². The minimum absolute atomic E-state index is 0.168. The monoisotopic (exact) mass is 431 g/mol. The Balaban J connectivity index is 1.51. The number of carbonyl (C=O) groups excluding carboxylic acids is 1. The molecule has 7 nitrogen and oxygen atoms in total. The summed E-state index contributed by atoms with van der Waals surface area (Å²) in [5.74, 6) is -0.326. The first kappa shape index (κ1) is 20.0. The van der Waals surface area contributed by atoms with Crippen LogP contribution in [0.4, 0.5) is 5.13 Å². The number of sulfonamides is 1. The van der Waals surface area contributed by atoms with Crippen LogP contribution >= 0.6 is 11.3 Å². The van der Waals surface area contributed by atoms with Crippen molar-refractivity contribution in [1.29, 1.82) is 0 Å². The van der Waals surface area contributed by atoms with Crippen LogP contribution in [0.25, 0.3) is 10.2 Å². The van der Waals surface area contributed by atoms with Crippen LogP contribution in [0.2, 0.25) is 0 Å². The molecule has 0 radical (unpaired) electrons. The van der Waals surface area contributed by atoms with Gasteiger partial charge in [0, 0.05) is 18.7 Å². The average Bonchev–Trinajstić information content (AvgIpc) is 3.10. The molecule has 0 aliphatic carbocycles. The summed E-state index contributed by atoms with van der Waals surface area (Å²) in [4.78, 5) is 17.2. The summed E-state index contributed by atoms with van der Waals surface area (Å²) in [6.07, 6.45) is 0. The summed E-state index contributed by atoms with van der Waals surface area (Å²) in [5, 5.41) is 3.31. The van der Waals surface area contributed by atoms with Gasteiger partial charge >= 0.3 is 0 Å². The zero-order valence-electron chi connectivity index (χ0n) is 16.1. The van der Waals surface area contributed by atoms with Gasteiger partial charge in [0.2, 0.25) is 10.0 Å². The number of rotatable bonds is 4. The Morgan fingerprint density at radius 3 is 2.45 bits per heavy atom. The molecular weight excluding hydrogens is 410 g/mol. The molecule has 2 heterocycles. The Morgan fingerprint density at radius 1 is 1.10 bits per heavy atom. The highest BCUT2D eigenvalue weighted by Crippen LogP contribution is 2.28. The molecule has 1 amide bonds. The number of anilines is 1. The lowest BCUT2D eigenvalue weighted by molar-refractivity contribution is 0.0730. The first-order valence-corrected chi connectivity index (χ1v) is 11.5. The molecule has 3 aromatic rings. The highest BCUT2D eigenvalue weighted by molar-refractivity contribution is 7.89. The van der Waals surface area contributed by atoms with Crippen LogP contribution in [0.5, 0.6) is 0 Å². The van der Waals surface area contributed by atoms with Crippen LogP contribution in [0.15, 0.2) is 41.3 Å². The van der Waals surface area contributed by atoms with Gasteiger partial charge in [-0.2, -0.15) is 4.31 Å². The maximum absolute atomic E-state index is 12.7. The molecule has 0 saturated carbocycles. The lowest BCUT2D eigenvalue weighted by atomic mass is 10.1. The number of aromatic nitrogens is 1. The van der Waals surface area contributed by atoms with E-state index in [2.05, 4.69) is 16.4 Å². The molecule has 0 bridgehead atoms. The van der Waals surface area contributed by atoms with E-state index < -0.39 is 10.0 Å². The Bertz CT molecular complexity index is 1130. The van der Waals surface area contributed by atoms with E-state index in [0.29, 0.717) is 37.0 Å². The van der Waals surface area contributed by atoms with Gasteiger partial charge in [-0.3, -0.25) is 10.1 Å². The molecule has 1 N–H and O–H groups in total. The van der Waals surface area contributed by atoms with Crippen molar-refractivity contribution in [1.82, 2.24) is 9.29 Å². The van der Waals surface area contributed by atoms with Gasteiger partial charge in [-0.15, -0.1) is 0 Å². The van der Waals surface area contributed by atoms with Crippen molar-refractivity contribution in [3.8, 4) is 0 Å². The van der Waals surface area contributed by atoms with E-state index in [1.165, 1.54) is 45.5 Å². The number of nitrogens with one attached hydrogen (secondary N) is 1. The van der Waals surface area contributed by atoms with E-state index in [0.717, 1.165) is 15.8 Å². The maximum atomic E-state index is 12.7. The third-order valence-corrected chi connectivity index (χ3v) is 7.80. The van der Waals surface area contributed by atoms with E-state index >= 15 is 0 Å². The number of thiazole rings is 1. The topological polar surface area (TPSA) is 88.6 Å². The number of ether oxygens (including phenoxy) is 1. The van der Waals surface area contributed by atoms with Crippen molar-refractivity contribution in [2.24, 2.45) is 0 Å². The molecule has 0 spiro atoms. The molecular formula is C20H21N3O4S2. The van der Waals surface area contributed by atoms with Crippen LogP contribution in [-0.4, -0.2) is 49.9 Å². The normalized spacial score (nSPS) is 15.5. The van der Waals surface area contributed by atoms with Gasteiger partial charge in [0.05, 0.1) is 28.3 Å². The number of amides is 1. The molecule has 152 valence electrons. The van der Waals surface area contributed by atoms with Gasteiger partial charge < -0.3 is 4.74 Å². The molecule has 1 fully saturated rings. The summed E-state index contributed by atoms with van der Waals surface area (Å²) >= 11 is 1.41. The SMILES string of the molecule is Cc1cc2nc(NC(=O)c3ccc(S(=O)(=O)N4CCOCC4)cc3)sc2cc1C. The molecule has 1 saturated heterocycles. The Hall–Kier alpha value is -2.33. The summed E-state index contributed by atoms with van der Waals surface area (Å²) in [5.41, 5.74) is 3.55. The van der Waals surface area contributed by atoms with Crippen molar-refractivity contribution in [3.63, 3.8) is 0 Å². The average molecular weight is 432 g/mol. The fourth-order valence-electron chi connectivity index (χ4n) is 3.12. The van der Waals surface area contributed by atoms with E-state index in [1.807, 2.05) is 19.9 Å². The van der Waals surface area contributed by atoms with Crippen LogP contribution < -0.4 is 5.32 Å². The molecule has 1 aliphatic heterocycles. The van der Waals surface area contributed by atoms with Gasteiger partial charge in [-0.05, 0) is 61.4 Å². The number of hydrogen-bond donors (Lipinski definition) is 1. The lowest BCUT2D eigenvalue weighted by Gasteiger charge is -2.26. The quantitative estimate of drug-likeness (QED) is 0.685. The van der Waals surface area contributed by atoms with Gasteiger partial charge in [0.1, 0.15) is 0 Å². The number of fused-ring (bicyclic) bond motifs is 1. The Morgan fingerprint density at radius 2 is 1.76 bits per heavy atom. The van der Waals surface area contributed by atoms with E-state index in [-0.39, 0.29) is 10.8 Å². The second-order valence-electron chi connectivity index (χ2n) is 6.92. The highest BCUT2D eigenvalue weighted by atomic mass is 32.2. The van der Waals surface area contributed by atoms with Crippen molar-refractivity contribution in [3.05, 3.63) is 53.1 Å². The molecule has 9 heteroatoms. The van der Waals surface area contributed by atoms with Gasteiger partial charge in [0.25, 0.3) is 5.91 Å². The number of carbonyl (C=O) groups is 1. The summed E-state index contributed by atoms with van der Waals surface area (Å²) < 4.78 is 33.0. The van der Waals surface area contributed by atoms with Crippen LogP contribution in [0.3, 0.4) is 0 Å². The third-order valence-electron chi connectivity index (χ3n) is 4.95. The first-order chi connectivity index (χ1) is 13.8. The van der Waals surface area contributed by atoms with Crippen molar-refractivity contribution < 1.29 is 17.9 Å². The molecule has 29 heavy (non-hydrogen) atoms. The summed E-state index contributed by atoms with van der Waals surface area (Å²) in [7, 11) is -3.58. The van der Waals surface area contributed by atoms with Gasteiger partial charge in [-0.25, -0.2) is 13.4 Å². The number of nitrogens with zero attached hydrogens (tertiary/aromatic N) is 2. The van der Waals surface area contributed by atoms with Crippen LogP contribution in [0, 0.1) is 13.8 Å². The predicted octanol–water partition coefficient (Wildman–Crippen LogP) is 3.19. The zero-order chi connectivity index (χ0) is 20.6. The Labute approximate surface area is 173 Å². The van der Waals surface area contributed by atoms with Crippen LogP contribution in [0.1, 0.15) is 21.5 Å². The third kappa shape index (κ3) is 4.04. The second kappa shape index (κ2) is 7.83. The zero-order valence-corrected chi connectivity index (χ0v) is 17.8. The summed E-state index contributed by atoms with van der Waals surface area (Å²) in [6, 6.07) is 10.0. The Kier molecular flexibility index (Phi) is 5.39. The van der Waals surface area contributed by atoms with Gasteiger partial charge in [0.15, 0.2) is 5.13 Å². The lowest BCUT2D eigenvalue weighted by Crippen LogP contribution is -2.40. The van der Waals surface area contributed by atoms with E-state index in [1.54, 1.807) is 0 Å². The summed E-state index contributed by atoms with van der Waals surface area (Å²) in [6.45, 7) is 5.52. The molecule has 0 atom stereocenters. The van der Waals surface area contributed by atoms with E-state index in [4.69, 9.17) is 4.74 Å². The number of morpholine rings is 1. The first-order valence-electron chi connectivity index (χ1n) is 9.22. The predicted molar refractivity (Wildman–Crippen MR) is 113 cm³/mol. The molecule has 0 unspecified atom stereocenters. The van der Waals surface area contributed by atoms with Gasteiger partial charge in [-0.1, -0.05) is 11.3 Å².